The molecule has 0 atom stereocenters. The number of phenolic OH excluding ortho intramolecular Hbond substituents is 1. The molecule has 3 rings (SSSR count). The topological polar surface area (TPSA) is 79.5 Å². The number of thiophene rings is 1. The van der Waals surface area contributed by atoms with E-state index in [0.717, 1.165) is 17.4 Å². The molecular formula is C16H11ClFNO4S. The van der Waals surface area contributed by atoms with Gasteiger partial charge in [0.15, 0.2) is 5.13 Å². The van der Waals surface area contributed by atoms with Crippen molar-refractivity contribution >= 4 is 45.7 Å². The molecule has 0 saturated carbocycles. The zero-order valence-electron chi connectivity index (χ0n) is 12.3. The Hall–Kier alpha value is -2.38. The molecule has 3 aromatic rings. The Balaban J connectivity index is 2.30. The van der Waals surface area contributed by atoms with Crippen LogP contribution in [0.25, 0.3) is 10.9 Å². The van der Waals surface area contributed by atoms with Crippen molar-refractivity contribution in [2.75, 3.05) is 0 Å². The Kier molecular flexibility index (Phi) is 4.06. The van der Waals surface area contributed by atoms with Gasteiger partial charge in [-0.3, -0.25) is 14.2 Å². The van der Waals surface area contributed by atoms with Gasteiger partial charge in [0.05, 0.1) is 22.5 Å². The Labute approximate surface area is 144 Å². The fourth-order valence-electron chi connectivity index (χ4n) is 2.68. The number of halogens is 2. The highest BCUT2D eigenvalue weighted by Gasteiger charge is 2.23. The highest BCUT2D eigenvalue weighted by atomic mass is 35.5. The van der Waals surface area contributed by atoms with Crippen molar-refractivity contribution in [3.05, 3.63) is 50.6 Å². The third-order valence-electron chi connectivity index (χ3n) is 3.75. The van der Waals surface area contributed by atoms with E-state index < -0.39 is 17.0 Å². The van der Waals surface area contributed by atoms with Crippen LogP contribution < -0.4 is 0 Å². The number of aliphatic carboxylic acids is 1. The van der Waals surface area contributed by atoms with E-state index in [1.807, 2.05) is 0 Å². The van der Waals surface area contributed by atoms with Gasteiger partial charge in [0.25, 0.3) is 5.91 Å². The quantitative estimate of drug-likeness (QED) is 0.737. The lowest BCUT2D eigenvalue weighted by atomic mass is 10.1. The van der Waals surface area contributed by atoms with Crippen molar-refractivity contribution in [3.8, 4) is 5.75 Å². The summed E-state index contributed by atoms with van der Waals surface area (Å²) < 4.78 is 14.5. The van der Waals surface area contributed by atoms with Crippen molar-refractivity contribution in [1.82, 2.24) is 4.57 Å². The molecular weight excluding hydrogens is 357 g/mol. The summed E-state index contributed by atoms with van der Waals surface area (Å²) in [7, 11) is 0. The first-order valence-electron chi connectivity index (χ1n) is 6.82. The third kappa shape index (κ3) is 2.65. The summed E-state index contributed by atoms with van der Waals surface area (Å²) in [6, 6.07) is 3.85. The molecule has 0 aliphatic rings. The van der Waals surface area contributed by atoms with Gasteiger partial charge in [0.1, 0.15) is 5.75 Å². The van der Waals surface area contributed by atoms with E-state index in [2.05, 4.69) is 0 Å². The molecule has 0 fully saturated rings. The standard InChI is InChI=1S/C16H11ClFNO4S/c1-7-9(4-15(21)22)10-3-13(20)11(17)5-12(10)19(7)16(23)8-2-14(18)24-6-8/h2-3,5-6,20H,4H2,1H3,(H,21,22). The fourth-order valence-corrected chi connectivity index (χ4v) is 3.44. The van der Waals surface area contributed by atoms with Gasteiger partial charge in [-0.15, -0.1) is 11.3 Å². The molecule has 0 aliphatic heterocycles. The number of aromatic nitrogens is 1. The summed E-state index contributed by atoms with van der Waals surface area (Å²) in [5.41, 5.74) is 1.32. The predicted molar refractivity (Wildman–Crippen MR) is 88.7 cm³/mol. The molecule has 2 aromatic heterocycles. The van der Waals surface area contributed by atoms with Gasteiger partial charge in [-0.05, 0) is 30.7 Å². The molecule has 0 aliphatic carbocycles. The second-order valence-corrected chi connectivity index (χ2v) is 6.50. The number of carboxylic acids is 1. The summed E-state index contributed by atoms with van der Waals surface area (Å²) in [6.07, 6.45) is -0.318. The van der Waals surface area contributed by atoms with Gasteiger partial charge >= 0.3 is 5.97 Å². The molecule has 124 valence electrons. The number of rotatable bonds is 3. The molecule has 1 aromatic carbocycles. The number of phenols is 1. The molecule has 0 saturated heterocycles. The van der Waals surface area contributed by atoms with E-state index in [1.54, 1.807) is 6.92 Å². The van der Waals surface area contributed by atoms with E-state index in [4.69, 9.17) is 16.7 Å². The lowest BCUT2D eigenvalue weighted by Crippen LogP contribution is -2.13. The summed E-state index contributed by atoms with van der Waals surface area (Å²) in [5, 5.41) is 20.3. The number of benzene rings is 1. The van der Waals surface area contributed by atoms with Crippen molar-refractivity contribution in [2.24, 2.45) is 0 Å². The monoisotopic (exact) mass is 367 g/mol. The maximum Gasteiger partial charge on any atom is 0.307 e. The number of nitrogens with zero attached hydrogens (tertiary/aromatic N) is 1. The zero-order valence-corrected chi connectivity index (χ0v) is 13.9. The highest BCUT2D eigenvalue weighted by molar-refractivity contribution is 7.08. The lowest BCUT2D eigenvalue weighted by molar-refractivity contribution is -0.136. The van der Waals surface area contributed by atoms with Crippen molar-refractivity contribution < 1.29 is 24.2 Å². The second-order valence-electron chi connectivity index (χ2n) is 5.24. The van der Waals surface area contributed by atoms with Gasteiger partial charge in [-0.25, -0.2) is 0 Å². The molecule has 0 radical (unpaired) electrons. The average Bonchev–Trinajstić information content (AvgIpc) is 3.03. The van der Waals surface area contributed by atoms with Crippen molar-refractivity contribution in [1.29, 1.82) is 0 Å². The van der Waals surface area contributed by atoms with Crippen LogP contribution in [-0.4, -0.2) is 26.7 Å². The van der Waals surface area contributed by atoms with Crippen LogP contribution in [0.4, 0.5) is 4.39 Å². The smallest absolute Gasteiger partial charge is 0.307 e. The van der Waals surface area contributed by atoms with Gasteiger partial charge < -0.3 is 10.2 Å². The first kappa shape index (κ1) is 16.5. The maximum atomic E-state index is 13.2. The SMILES string of the molecule is Cc1c(CC(=O)O)c2cc(O)c(Cl)cc2n1C(=O)c1csc(F)c1. The number of carboxylic acid groups (broad SMARTS) is 1. The summed E-state index contributed by atoms with van der Waals surface area (Å²) >= 11 is 6.73. The van der Waals surface area contributed by atoms with E-state index in [1.165, 1.54) is 22.1 Å². The summed E-state index contributed by atoms with van der Waals surface area (Å²) in [5.74, 6) is -1.77. The van der Waals surface area contributed by atoms with E-state index >= 15 is 0 Å². The van der Waals surface area contributed by atoms with Gasteiger partial charge in [0, 0.05) is 16.5 Å². The average molecular weight is 368 g/mol. The summed E-state index contributed by atoms with van der Waals surface area (Å²) in [4.78, 5) is 23.9. The van der Waals surface area contributed by atoms with E-state index in [9.17, 15) is 19.1 Å². The molecule has 0 unspecified atom stereocenters. The van der Waals surface area contributed by atoms with Gasteiger partial charge in [-0.2, -0.15) is 4.39 Å². The van der Waals surface area contributed by atoms with E-state index in [0.29, 0.717) is 22.2 Å². The minimum Gasteiger partial charge on any atom is -0.506 e. The minimum absolute atomic E-state index is 0.0347. The van der Waals surface area contributed by atoms with Crippen LogP contribution in [0.15, 0.2) is 23.6 Å². The molecule has 0 amide bonds. The number of hydrogen-bond acceptors (Lipinski definition) is 4. The van der Waals surface area contributed by atoms with Crippen LogP contribution in [0, 0.1) is 12.1 Å². The highest BCUT2D eigenvalue weighted by Crippen LogP contribution is 2.35. The molecule has 5 nitrogen and oxygen atoms in total. The number of fused-ring (bicyclic) bond motifs is 1. The first-order chi connectivity index (χ1) is 11.3. The Bertz CT molecular complexity index is 992. The number of carbonyl (C=O) groups excluding carboxylic acids is 1. The minimum atomic E-state index is -1.07. The zero-order chi connectivity index (χ0) is 17.6. The number of hydrogen-bond donors (Lipinski definition) is 2. The molecule has 2 N–H and O–H groups in total. The largest absolute Gasteiger partial charge is 0.506 e. The molecule has 0 spiro atoms. The van der Waals surface area contributed by atoms with Crippen LogP contribution in [0.1, 0.15) is 21.6 Å². The lowest BCUT2D eigenvalue weighted by Gasteiger charge is -2.06. The van der Waals surface area contributed by atoms with Crippen molar-refractivity contribution in [3.63, 3.8) is 0 Å². The number of carbonyl (C=O) groups is 2. The molecule has 2 heterocycles. The number of aromatic hydroxyl groups is 1. The van der Waals surface area contributed by atoms with E-state index in [-0.39, 0.29) is 22.8 Å². The second kappa shape index (κ2) is 5.92. The van der Waals surface area contributed by atoms with Crippen LogP contribution in [-0.2, 0) is 11.2 Å². The van der Waals surface area contributed by atoms with Gasteiger partial charge in [-0.1, -0.05) is 11.6 Å². The van der Waals surface area contributed by atoms with Crippen LogP contribution >= 0.6 is 22.9 Å². The van der Waals surface area contributed by atoms with Crippen molar-refractivity contribution in [2.45, 2.75) is 13.3 Å². The predicted octanol–water partition coefficient (Wildman–Crippen LogP) is 3.82. The van der Waals surface area contributed by atoms with Crippen LogP contribution in [0.3, 0.4) is 0 Å². The fraction of sp³-hybridized carbons (Fsp3) is 0.125. The first-order valence-corrected chi connectivity index (χ1v) is 8.08. The molecule has 0 bridgehead atoms. The summed E-state index contributed by atoms with van der Waals surface area (Å²) in [6.45, 7) is 1.60. The Morgan fingerprint density at radius 2 is 2.04 bits per heavy atom. The molecule has 24 heavy (non-hydrogen) atoms. The molecule has 8 heteroatoms. The van der Waals surface area contributed by atoms with Crippen LogP contribution in [0.2, 0.25) is 5.02 Å². The van der Waals surface area contributed by atoms with Gasteiger partial charge in [0.2, 0.25) is 0 Å². The third-order valence-corrected chi connectivity index (χ3v) is 4.77. The normalized spacial score (nSPS) is 11.1. The van der Waals surface area contributed by atoms with Crippen LogP contribution in [0.5, 0.6) is 5.75 Å². The Morgan fingerprint density at radius 3 is 2.62 bits per heavy atom. The Morgan fingerprint density at radius 1 is 1.33 bits per heavy atom. The maximum absolute atomic E-state index is 13.2.